The van der Waals surface area contributed by atoms with Gasteiger partial charge in [0, 0.05) is 0 Å². The van der Waals surface area contributed by atoms with Gasteiger partial charge in [-0.3, -0.25) is 14.8 Å². The second kappa shape index (κ2) is 3.65. The summed E-state index contributed by atoms with van der Waals surface area (Å²) in [5, 5.41) is 0. The first kappa shape index (κ1) is 10.1. The zero-order chi connectivity index (χ0) is 11.7. The molecular weight excluding hydrogens is 216 g/mol. The number of rotatable bonds is 2. The zero-order valence-corrected chi connectivity index (χ0v) is 8.53. The van der Waals surface area contributed by atoms with E-state index in [9.17, 15) is 9.59 Å². The monoisotopic (exact) mass is 224 g/mol. The summed E-state index contributed by atoms with van der Waals surface area (Å²) in [5.74, 6) is 0.170. The molecule has 0 aliphatic rings. The van der Waals surface area contributed by atoms with Gasteiger partial charge < -0.3 is 9.47 Å². The summed E-state index contributed by atoms with van der Waals surface area (Å²) < 4.78 is 9.78. The minimum atomic E-state index is -0.654. The standard InChI is InChI=1S/C8H8N4O4/c1-15-6-7(16-2)10-4-3(9-6)5(13)12-8(14)11-4/h1-2H3,(H2,10,11,12,13,14). The van der Waals surface area contributed by atoms with Crippen molar-refractivity contribution >= 4 is 11.2 Å². The Labute approximate surface area is 88.3 Å². The molecule has 16 heavy (non-hydrogen) atoms. The van der Waals surface area contributed by atoms with E-state index in [0.29, 0.717) is 0 Å². The first-order chi connectivity index (χ1) is 7.65. The second-order valence-electron chi connectivity index (χ2n) is 2.85. The summed E-state index contributed by atoms with van der Waals surface area (Å²) >= 11 is 0. The maximum atomic E-state index is 11.4. The van der Waals surface area contributed by atoms with Crippen LogP contribution >= 0.6 is 0 Å². The molecule has 0 fully saturated rings. The lowest BCUT2D eigenvalue weighted by atomic mass is 10.5. The summed E-state index contributed by atoms with van der Waals surface area (Å²) in [6.07, 6.45) is 0. The van der Waals surface area contributed by atoms with E-state index >= 15 is 0 Å². The van der Waals surface area contributed by atoms with Gasteiger partial charge in [0.15, 0.2) is 11.2 Å². The Bertz CT molecular complexity index is 645. The number of nitrogens with one attached hydrogen (secondary N) is 2. The molecule has 2 N–H and O–H groups in total. The average molecular weight is 224 g/mol. The van der Waals surface area contributed by atoms with E-state index in [2.05, 4.69) is 15.0 Å². The molecule has 2 heterocycles. The fourth-order valence-electron chi connectivity index (χ4n) is 1.22. The Kier molecular flexibility index (Phi) is 2.31. The van der Waals surface area contributed by atoms with Crippen LogP contribution in [-0.2, 0) is 0 Å². The largest absolute Gasteiger partial charge is 0.477 e. The normalized spacial score (nSPS) is 10.4. The van der Waals surface area contributed by atoms with E-state index in [4.69, 9.17) is 9.47 Å². The van der Waals surface area contributed by atoms with E-state index in [1.54, 1.807) is 0 Å². The lowest BCUT2D eigenvalue weighted by Crippen LogP contribution is -2.23. The Hall–Kier alpha value is -2.38. The van der Waals surface area contributed by atoms with E-state index < -0.39 is 11.2 Å². The minimum Gasteiger partial charge on any atom is -0.477 e. The number of aromatic nitrogens is 4. The van der Waals surface area contributed by atoms with Crippen LogP contribution in [0, 0.1) is 0 Å². The number of nitrogens with zero attached hydrogens (tertiary/aromatic N) is 2. The number of aromatic amines is 2. The third kappa shape index (κ3) is 1.49. The second-order valence-corrected chi connectivity index (χ2v) is 2.85. The molecule has 0 spiro atoms. The Balaban J connectivity index is 2.88. The van der Waals surface area contributed by atoms with Crippen molar-refractivity contribution < 1.29 is 9.47 Å². The Morgan fingerprint density at radius 2 is 1.62 bits per heavy atom. The van der Waals surface area contributed by atoms with Gasteiger partial charge in [-0.15, -0.1) is 0 Å². The van der Waals surface area contributed by atoms with E-state index in [0.717, 1.165) is 0 Å². The molecule has 0 aliphatic carbocycles. The highest BCUT2D eigenvalue weighted by Gasteiger charge is 2.12. The van der Waals surface area contributed by atoms with Gasteiger partial charge in [-0.2, -0.15) is 9.97 Å². The maximum Gasteiger partial charge on any atom is 0.327 e. The third-order valence-corrected chi connectivity index (χ3v) is 1.89. The van der Waals surface area contributed by atoms with Crippen molar-refractivity contribution in [3.63, 3.8) is 0 Å². The summed E-state index contributed by atoms with van der Waals surface area (Å²) in [6.45, 7) is 0. The number of hydrogen-bond acceptors (Lipinski definition) is 6. The summed E-state index contributed by atoms with van der Waals surface area (Å²) in [4.78, 5) is 34.6. The van der Waals surface area contributed by atoms with Crippen LogP contribution in [0.5, 0.6) is 11.8 Å². The average Bonchev–Trinajstić information content (AvgIpc) is 2.27. The van der Waals surface area contributed by atoms with Crippen molar-refractivity contribution in [2.24, 2.45) is 0 Å². The maximum absolute atomic E-state index is 11.4. The Morgan fingerprint density at radius 3 is 2.25 bits per heavy atom. The molecule has 2 aromatic rings. The lowest BCUT2D eigenvalue weighted by molar-refractivity contribution is 0.334. The van der Waals surface area contributed by atoms with Crippen LogP contribution in [-0.4, -0.2) is 34.2 Å². The molecule has 0 radical (unpaired) electrons. The van der Waals surface area contributed by atoms with Gasteiger partial charge in [-0.25, -0.2) is 4.79 Å². The summed E-state index contributed by atoms with van der Waals surface area (Å²) in [5.41, 5.74) is -1.25. The van der Waals surface area contributed by atoms with Crippen molar-refractivity contribution in [2.45, 2.75) is 0 Å². The van der Waals surface area contributed by atoms with Crippen molar-refractivity contribution in [3.05, 3.63) is 20.8 Å². The van der Waals surface area contributed by atoms with Crippen LogP contribution in [0.25, 0.3) is 11.2 Å². The quantitative estimate of drug-likeness (QED) is 0.678. The summed E-state index contributed by atoms with van der Waals surface area (Å²) in [7, 11) is 2.75. The number of H-pyrrole nitrogens is 2. The Morgan fingerprint density at radius 1 is 1.00 bits per heavy atom. The highest BCUT2D eigenvalue weighted by molar-refractivity contribution is 5.69. The van der Waals surface area contributed by atoms with Crippen LogP contribution in [0.4, 0.5) is 0 Å². The number of fused-ring (bicyclic) bond motifs is 1. The van der Waals surface area contributed by atoms with Gasteiger partial charge in [-0.1, -0.05) is 0 Å². The van der Waals surface area contributed by atoms with Gasteiger partial charge in [0.25, 0.3) is 17.3 Å². The molecule has 0 atom stereocenters. The molecule has 2 rings (SSSR count). The first-order valence-corrected chi connectivity index (χ1v) is 4.28. The molecule has 0 saturated heterocycles. The predicted octanol–water partition coefficient (Wildman–Crippen LogP) is -0.976. The molecule has 0 aliphatic heterocycles. The van der Waals surface area contributed by atoms with Gasteiger partial charge in [-0.05, 0) is 0 Å². The lowest BCUT2D eigenvalue weighted by Gasteiger charge is -2.05. The van der Waals surface area contributed by atoms with Gasteiger partial charge in [0.05, 0.1) is 14.2 Å². The number of ether oxygens (including phenoxy) is 2. The molecule has 0 bridgehead atoms. The molecule has 0 aromatic carbocycles. The SMILES string of the molecule is COc1nc2[nH]c(=O)[nH]c(=O)c2nc1OC. The molecule has 8 nitrogen and oxygen atoms in total. The smallest absolute Gasteiger partial charge is 0.327 e. The fraction of sp³-hybridized carbons (Fsp3) is 0.250. The van der Waals surface area contributed by atoms with Crippen molar-refractivity contribution in [1.29, 1.82) is 0 Å². The molecular formula is C8H8N4O4. The summed E-state index contributed by atoms with van der Waals surface area (Å²) in [6, 6.07) is 0. The fourth-order valence-corrected chi connectivity index (χ4v) is 1.22. The van der Waals surface area contributed by atoms with Crippen molar-refractivity contribution in [3.8, 4) is 11.8 Å². The molecule has 0 saturated carbocycles. The van der Waals surface area contributed by atoms with Gasteiger partial charge in [0.1, 0.15) is 0 Å². The molecule has 0 amide bonds. The first-order valence-electron chi connectivity index (χ1n) is 4.28. The third-order valence-electron chi connectivity index (χ3n) is 1.89. The van der Waals surface area contributed by atoms with Crippen LogP contribution in [0.2, 0.25) is 0 Å². The van der Waals surface area contributed by atoms with E-state index in [1.165, 1.54) is 14.2 Å². The van der Waals surface area contributed by atoms with E-state index in [-0.39, 0.29) is 22.9 Å². The highest BCUT2D eigenvalue weighted by Crippen LogP contribution is 2.21. The topological polar surface area (TPSA) is 110 Å². The highest BCUT2D eigenvalue weighted by atomic mass is 16.5. The van der Waals surface area contributed by atoms with Crippen LogP contribution < -0.4 is 20.7 Å². The predicted molar refractivity (Wildman–Crippen MR) is 53.9 cm³/mol. The zero-order valence-electron chi connectivity index (χ0n) is 8.53. The van der Waals surface area contributed by atoms with Gasteiger partial charge in [0.2, 0.25) is 0 Å². The molecule has 0 unspecified atom stereocenters. The molecule has 8 heteroatoms. The van der Waals surface area contributed by atoms with Crippen molar-refractivity contribution in [1.82, 2.24) is 19.9 Å². The van der Waals surface area contributed by atoms with Gasteiger partial charge >= 0.3 is 5.69 Å². The number of methoxy groups -OCH3 is 2. The minimum absolute atomic E-state index is 0.0164. The van der Waals surface area contributed by atoms with Crippen LogP contribution in [0.15, 0.2) is 9.59 Å². The van der Waals surface area contributed by atoms with Crippen molar-refractivity contribution in [2.75, 3.05) is 14.2 Å². The molecule has 2 aromatic heterocycles. The van der Waals surface area contributed by atoms with Crippen LogP contribution in [0.1, 0.15) is 0 Å². The molecule has 84 valence electrons. The van der Waals surface area contributed by atoms with E-state index in [1.807, 2.05) is 4.98 Å². The number of hydrogen-bond donors (Lipinski definition) is 2. The van der Waals surface area contributed by atoms with Crippen LogP contribution in [0.3, 0.4) is 0 Å².